The van der Waals surface area contributed by atoms with Crippen LogP contribution in [0.5, 0.6) is 5.75 Å². The van der Waals surface area contributed by atoms with Crippen molar-refractivity contribution in [2.24, 2.45) is 0 Å². The van der Waals surface area contributed by atoms with Crippen molar-refractivity contribution in [2.45, 2.75) is 45.1 Å². The number of amides is 1. The maximum atomic E-state index is 13.6. The second-order valence-corrected chi connectivity index (χ2v) is 12.1. The van der Waals surface area contributed by atoms with Gasteiger partial charge in [-0.1, -0.05) is 11.6 Å². The molecule has 1 N–H and O–H groups in total. The van der Waals surface area contributed by atoms with Crippen LogP contribution >= 0.6 is 11.3 Å². The third kappa shape index (κ3) is 5.91. The van der Waals surface area contributed by atoms with Crippen molar-refractivity contribution in [1.29, 1.82) is 0 Å². The maximum Gasteiger partial charge on any atom is 0.416 e. The molecule has 2 aliphatic rings. The normalized spacial score (nSPS) is 18.1. The van der Waals surface area contributed by atoms with Gasteiger partial charge in [0.05, 0.1) is 37.2 Å². The Bertz CT molecular complexity index is 1790. The van der Waals surface area contributed by atoms with E-state index in [1.165, 1.54) is 18.2 Å². The molecule has 4 aromatic rings. The largest absolute Gasteiger partial charge is 0.496 e. The summed E-state index contributed by atoms with van der Waals surface area (Å²) in [4.78, 5) is 37.6. The average molecular weight is 639 g/mol. The number of carbonyl (C=O) groups excluding carboxylic acids is 1. The maximum absolute atomic E-state index is 13.6. The molecule has 9 nitrogen and oxygen atoms in total. The average Bonchev–Trinajstić information content (AvgIpc) is 3.57. The molecule has 45 heavy (non-hydrogen) atoms. The highest BCUT2D eigenvalue weighted by atomic mass is 32.1. The lowest BCUT2D eigenvalue weighted by Gasteiger charge is -2.33. The molecule has 2 fully saturated rings. The number of cyclic esters (lactones) is 1. The van der Waals surface area contributed by atoms with Crippen molar-refractivity contribution in [2.75, 3.05) is 25.1 Å². The minimum absolute atomic E-state index is 0.0270. The number of carboxylic acid groups (broad SMARTS) is 1. The summed E-state index contributed by atoms with van der Waals surface area (Å²) in [5.41, 5.74) is 2.44. The van der Waals surface area contributed by atoms with E-state index in [1.54, 1.807) is 32.0 Å². The van der Waals surface area contributed by atoms with Gasteiger partial charge in [-0.05, 0) is 68.3 Å². The topological polar surface area (TPSA) is 105 Å². The molecule has 0 bridgehead atoms. The van der Waals surface area contributed by atoms with E-state index in [0.717, 1.165) is 48.8 Å². The number of pyridine rings is 1. The fraction of sp³-hybridized carbons (Fsp3) is 0.312. The Balaban J connectivity index is 1.38. The Hall–Kier alpha value is -4.65. The molecule has 2 aromatic heterocycles. The van der Waals surface area contributed by atoms with Crippen molar-refractivity contribution in [1.82, 2.24) is 14.9 Å². The highest BCUT2D eigenvalue weighted by molar-refractivity contribution is 7.16. The number of anilines is 1. The summed E-state index contributed by atoms with van der Waals surface area (Å²) >= 11 is 1.05. The van der Waals surface area contributed by atoms with Crippen LogP contribution in [0.15, 0.2) is 54.7 Å². The minimum Gasteiger partial charge on any atom is -0.496 e. The van der Waals surface area contributed by atoms with Crippen molar-refractivity contribution in [3.8, 4) is 27.4 Å². The second-order valence-electron chi connectivity index (χ2n) is 11.1. The van der Waals surface area contributed by atoms with Crippen molar-refractivity contribution >= 4 is 29.2 Å². The van der Waals surface area contributed by atoms with Crippen molar-refractivity contribution in [3.05, 3.63) is 82.0 Å². The van der Waals surface area contributed by atoms with Crippen LogP contribution in [-0.4, -0.2) is 58.3 Å². The van der Waals surface area contributed by atoms with E-state index >= 15 is 0 Å². The predicted octanol–water partition coefficient (Wildman–Crippen LogP) is 7.20. The summed E-state index contributed by atoms with van der Waals surface area (Å²) in [5, 5.41) is 9.88. The van der Waals surface area contributed by atoms with Gasteiger partial charge in [0.2, 0.25) is 0 Å². The summed E-state index contributed by atoms with van der Waals surface area (Å²) in [6.07, 6.45) is -3.76. The summed E-state index contributed by atoms with van der Waals surface area (Å²) in [6, 6.07) is 12.3. The Kier molecular flexibility index (Phi) is 7.89. The van der Waals surface area contributed by atoms with E-state index < -0.39 is 35.9 Å². The van der Waals surface area contributed by atoms with Crippen molar-refractivity contribution < 1.29 is 37.3 Å². The van der Waals surface area contributed by atoms with Gasteiger partial charge >= 0.3 is 18.2 Å². The number of aromatic nitrogens is 2. The SMILES string of the molecule is COc1ccc(-c2ncc(C(=O)O)s2)cc1-c1ccc(N2CCC2)nc1CN1C(=O)O[C@H](c2cc(C)cc(C(F)(F)F)c2)[C@@H]1C. The third-order valence-electron chi connectivity index (χ3n) is 8.06. The zero-order valence-corrected chi connectivity index (χ0v) is 25.4. The van der Waals surface area contributed by atoms with Crippen LogP contribution in [0, 0.1) is 6.92 Å². The van der Waals surface area contributed by atoms with Crippen LogP contribution in [0.2, 0.25) is 0 Å². The van der Waals surface area contributed by atoms with Crippen LogP contribution in [-0.2, 0) is 17.5 Å². The molecule has 2 aliphatic heterocycles. The molecule has 0 unspecified atom stereocenters. The molecule has 0 saturated carbocycles. The number of aryl methyl sites for hydroxylation is 1. The van der Waals surface area contributed by atoms with Crippen LogP contribution in [0.1, 0.15) is 51.5 Å². The van der Waals surface area contributed by atoms with E-state index in [-0.39, 0.29) is 17.0 Å². The molecule has 0 radical (unpaired) electrons. The number of nitrogens with zero attached hydrogens (tertiary/aromatic N) is 4. The number of aromatic carboxylic acids is 1. The lowest BCUT2D eigenvalue weighted by atomic mass is 9.97. The molecule has 13 heteroatoms. The van der Waals surface area contributed by atoms with Gasteiger partial charge in [-0.25, -0.2) is 19.6 Å². The van der Waals surface area contributed by atoms with E-state index in [4.69, 9.17) is 14.5 Å². The number of carboxylic acids is 1. The number of hydrogen-bond acceptors (Lipinski definition) is 8. The minimum atomic E-state index is -4.54. The smallest absolute Gasteiger partial charge is 0.416 e. The number of ether oxygens (including phenoxy) is 2. The first-order chi connectivity index (χ1) is 21.4. The first-order valence-corrected chi connectivity index (χ1v) is 15.0. The first kappa shape index (κ1) is 30.4. The van der Waals surface area contributed by atoms with Crippen molar-refractivity contribution in [3.63, 3.8) is 0 Å². The van der Waals surface area contributed by atoms with Crippen LogP contribution in [0.3, 0.4) is 0 Å². The lowest BCUT2D eigenvalue weighted by molar-refractivity contribution is -0.137. The second kappa shape index (κ2) is 11.7. The van der Waals surface area contributed by atoms with E-state index in [0.29, 0.717) is 38.7 Å². The van der Waals surface area contributed by atoms with Gasteiger partial charge in [0, 0.05) is 29.8 Å². The zero-order chi connectivity index (χ0) is 32.0. The highest BCUT2D eigenvalue weighted by Crippen LogP contribution is 2.41. The first-order valence-electron chi connectivity index (χ1n) is 14.2. The number of halogens is 3. The van der Waals surface area contributed by atoms with Crippen LogP contribution in [0.4, 0.5) is 23.8 Å². The summed E-state index contributed by atoms with van der Waals surface area (Å²) < 4.78 is 52.1. The molecular formula is C32H29F3N4O5S. The van der Waals surface area contributed by atoms with Gasteiger partial charge in [-0.3, -0.25) is 4.90 Å². The molecule has 234 valence electrons. The summed E-state index contributed by atoms with van der Waals surface area (Å²) in [6.45, 7) is 5.04. The lowest BCUT2D eigenvalue weighted by Crippen LogP contribution is -2.38. The molecule has 0 spiro atoms. The van der Waals surface area contributed by atoms with Gasteiger partial charge in [0.25, 0.3) is 0 Å². The predicted molar refractivity (Wildman–Crippen MR) is 162 cm³/mol. The summed E-state index contributed by atoms with van der Waals surface area (Å²) in [7, 11) is 1.54. The van der Waals surface area contributed by atoms with E-state index in [2.05, 4.69) is 9.88 Å². The molecule has 1 amide bonds. The number of methoxy groups -OCH3 is 1. The van der Waals surface area contributed by atoms with Gasteiger partial charge in [-0.2, -0.15) is 13.2 Å². The Labute approximate surface area is 260 Å². The molecule has 2 saturated heterocycles. The van der Waals surface area contributed by atoms with Gasteiger partial charge in [0.15, 0.2) is 0 Å². The standard InChI is InChI=1S/C32H29F3N4O5S/c1-17-11-20(13-21(12-17)32(33,34)35)28-18(2)39(31(42)44-28)16-24-22(6-8-27(37-24)38-9-4-10-38)23-14-19(5-7-25(23)43-3)29-36-15-26(45-29)30(40)41/h5-8,11-15,18,28H,4,9-10,16H2,1-3H3,(H,40,41)/t18-,28-/m0/s1. The van der Waals surface area contributed by atoms with Gasteiger partial charge in [-0.15, -0.1) is 11.3 Å². The Morgan fingerprint density at radius 3 is 2.56 bits per heavy atom. The Morgan fingerprint density at radius 2 is 1.91 bits per heavy atom. The molecule has 2 atom stereocenters. The molecule has 2 aromatic carbocycles. The van der Waals surface area contributed by atoms with E-state index in [9.17, 15) is 27.9 Å². The highest BCUT2D eigenvalue weighted by Gasteiger charge is 2.41. The number of benzene rings is 2. The molecule has 4 heterocycles. The van der Waals surface area contributed by atoms with Crippen LogP contribution < -0.4 is 9.64 Å². The van der Waals surface area contributed by atoms with Gasteiger partial charge in [0.1, 0.15) is 27.6 Å². The molecule has 0 aliphatic carbocycles. The number of thiazole rings is 1. The third-order valence-corrected chi connectivity index (χ3v) is 9.09. The summed E-state index contributed by atoms with van der Waals surface area (Å²) in [5.74, 6) is 0.208. The number of rotatable bonds is 8. The number of hydrogen-bond donors (Lipinski definition) is 1. The van der Waals surface area contributed by atoms with Crippen LogP contribution in [0.25, 0.3) is 21.7 Å². The number of alkyl halides is 3. The Morgan fingerprint density at radius 1 is 1.13 bits per heavy atom. The molecular weight excluding hydrogens is 609 g/mol. The fourth-order valence-corrected chi connectivity index (χ4v) is 6.35. The van der Waals surface area contributed by atoms with Gasteiger partial charge < -0.3 is 19.5 Å². The van der Waals surface area contributed by atoms with E-state index in [1.807, 2.05) is 18.2 Å². The monoisotopic (exact) mass is 638 g/mol. The quantitative estimate of drug-likeness (QED) is 0.216. The zero-order valence-electron chi connectivity index (χ0n) is 24.6. The molecule has 6 rings (SSSR count). The number of carbonyl (C=O) groups is 2. The fourth-order valence-electron chi connectivity index (χ4n) is 5.60.